The van der Waals surface area contributed by atoms with Gasteiger partial charge < -0.3 is 19.7 Å². The third-order valence-corrected chi connectivity index (χ3v) is 4.70. The van der Waals surface area contributed by atoms with E-state index in [1.165, 1.54) is 5.56 Å². The van der Waals surface area contributed by atoms with Gasteiger partial charge in [-0.1, -0.05) is 6.07 Å². The molecule has 2 aliphatic heterocycles. The number of fused-ring (bicyclic) bond motifs is 1. The number of aromatic nitrogens is 2. The second-order valence-electron chi connectivity index (χ2n) is 8.09. The van der Waals surface area contributed by atoms with Gasteiger partial charge in [0.2, 0.25) is 6.79 Å². The van der Waals surface area contributed by atoms with E-state index < -0.39 is 0 Å². The lowest BCUT2D eigenvalue weighted by molar-refractivity contribution is 0.174. The van der Waals surface area contributed by atoms with Gasteiger partial charge in [-0.2, -0.15) is 0 Å². The molecule has 0 atom stereocenters. The molecule has 0 bridgehead atoms. The van der Waals surface area contributed by atoms with E-state index in [9.17, 15) is 0 Å². The summed E-state index contributed by atoms with van der Waals surface area (Å²) in [7, 11) is 0. The minimum atomic E-state index is -0.0189. The Morgan fingerprint density at radius 1 is 1.00 bits per heavy atom. The zero-order valence-electron chi connectivity index (χ0n) is 16.2. The fourth-order valence-corrected chi connectivity index (χ4v) is 3.41. The average molecular weight is 369 g/mol. The Morgan fingerprint density at radius 2 is 1.78 bits per heavy atom. The summed E-state index contributed by atoms with van der Waals surface area (Å²) >= 11 is 0. The normalized spacial score (nSPS) is 17.2. The molecule has 1 fully saturated rings. The molecule has 2 aliphatic rings. The summed E-state index contributed by atoms with van der Waals surface area (Å²) in [4.78, 5) is 13.6. The van der Waals surface area contributed by atoms with Crippen molar-refractivity contribution in [3.63, 3.8) is 0 Å². The number of anilines is 2. The van der Waals surface area contributed by atoms with Gasteiger partial charge in [0.05, 0.1) is 0 Å². The Balaban J connectivity index is 1.34. The topological polar surface area (TPSA) is 62.8 Å². The predicted octanol–water partition coefficient (Wildman–Crippen LogP) is 2.74. The molecule has 0 radical (unpaired) electrons. The number of nitrogens with one attached hydrogen (secondary N) is 1. The molecule has 7 nitrogen and oxygen atoms in total. The summed E-state index contributed by atoms with van der Waals surface area (Å²) in [5.74, 6) is 3.55. The van der Waals surface area contributed by atoms with Crippen LogP contribution in [0.4, 0.5) is 11.6 Å². The second kappa shape index (κ2) is 7.23. The number of ether oxygens (including phenoxy) is 2. The van der Waals surface area contributed by atoms with Crippen LogP contribution in [0.1, 0.15) is 26.3 Å². The maximum absolute atomic E-state index is 5.48. The molecule has 1 N–H and O–H groups in total. The van der Waals surface area contributed by atoms with E-state index in [-0.39, 0.29) is 5.54 Å². The highest BCUT2D eigenvalue weighted by Crippen LogP contribution is 2.33. The summed E-state index contributed by atoms with van der Waals surface area (Å²) in [5.41, 5.74) is 1.24. The van der Waals surface area contributed by atoms with E-state index in [0.717, 1.165) is 55.9 Å². The molecule has 0 aliphatic carbocycles. The van der Waals surface area contributed by atoms with Crippen molar-refractivity contribution in [2.24, 2.45) is 0 Å². The van der Waals surface area contributed by atoms with Crippen molar-refractivity contribution >= 4 is 11.6 Å². The number of benzene rings is 1. The lowest BCUT2D eigenvalue weighted by Gasteiger charge is -2.35. The van der Waals surface area contributed by atoms with Crippen LogP contribution >= 0.6 is 0 Å². The van der Waals surface area contributed by atoms with Crippen LogP contribution in [0.3, 0.4) is 0 Å². The van der Waals surface area contributed by atoms with Gasteiger partial charge in [-0.15, -0.1) is 0 Å². The fourth-order valence-electron chi connectivity index (χ4n) is 3.41. The first-order valence-electron chi connectivity index (χ1n) is 9.42. The monoisotopic (exact) mass is 369 g/mol. The molecule has 1 saturated heterocycles. The first-order chi connectivity index (χ1) is 13.0. The molecule has 4 rings (SSSR count). The molecule has 0 spiro atoms. The molecule has 144 valence electrons. The molecule has 2 aromatic rings. The van der Waals surface area contributed by atoms with E-state index in [4.69, 9.17) is 9.47 Å². The largest absolute Gasteiger partial charge is 0.454 e. The highest BCUT2D eigenvalue weighted by molar-refractivity contribution is 5.50. The van der Waals surface area contributed by atoms with Crippen molar-refractivity contribution in [3.8, 4) is 11.5 Å². The smallest absolute Gasteiger partial charge is 0.231 e. The van der Waals surface area contributed by atoms with Crippen LogP contribution < -0.4 is 19.7 Å². The lowest BCUT2D eigenvalue weighted by atomic mass is 10.1. The molecule has 0 unspecified atom stereocenters. The highest BCUT2D eigenvalue weighted by Gasteiger charge is 2.20. The quantitative estimate of drug-likeness (QED) is 0.889. The Kier molecular flexibility index (Phi) is 4.78. The Bertz CT molecular complexity index is 797. The number of piperazine rings is 1. The first kappa shape index (κ1) is 17.9. The minimum Gasteiger partial charge on any atom is -0.454 e. The van der Waals surface area contributed by atoms with Gasteiger partial charge >= 0.3 is 0 Å². The van der Waals surface area contributed by atoms with Crippen LogP contribution in [0.25, 0.3) is 0 Å². The van der Waals surface area contributed by atoms with Crippen LogP contribution in [-0.2, 0) is 6.54 Å². The third kappa shape index (κ3) is 4.42. The van der Waals surface area contributed by atoms with E-state index in [0.29, 0.717) is 6.79 Å². The Labute approximate surface area is 160 Å². The van der Waals surface area contributed by atoms with Crippen LogP contribution in [-0.4, -0.2) is 53.4 Å². The van der Waals surface area contributed by atoms with Crippen molar-refractivity contribution in [2.45, 2.75) is 32.9 Å². The number of hydrogen-bond donors (Lipinski definition) is 1. The molecule has 27 heavy (non-hydrogen) atoms. The van der Waals surface area contributed by atoms with Crippen molar-refractivity contribution < 1.29 is 9.47 Å². The summed E-state index contributed by atoms with van der Waals surface area (Å²) in [6.45, 7) is 11.5. The van der Waals surface area contributed by atoms with E-state index >= 15 is 0 Å². The Morgan fingerprint density at radius 3 is 2.56 bits per heavy atom. The van der Waals surface area contributed by atoms with Crippen LogP contribution in [0, 0.1) is 0 Å². The van der Waals surface area contributed by atoms with Gasteiger partial charge in [-0.3, -0.25) is 4.90 Å². The number of nitrogens with zero attached hydrogens (tertiary/aromatic N) is 4. The molecule has 1 aromatic carbocycles. The maximum atomic E-state index is 5.48. The van der Waals surface area contributed by atoms with E-state index in [2.05, 4.69) is 58.0 Å². The molecule has 0 amide bonds. The molecular weight excluding hydrogens is 342 g/mol. The molecule has 0 saturated carbocycles. The van der Waals surface area contributed by atoms with Gasteiger partial charge in [-0.05, 0) is 38.5 Å². The molecule has 3 heterocycles. The molecular formula is C20H27N5O2. The number of rotatable bonds is 4. The zero-order valence-corrected chi connectivity index (χ0v) is 16.2. The second-order valence-corrected chi connectivity index (χ2v) is 8.09. The fraction of sp³-hybridized carbons (Fsp3) is 0.500. The van der Waals surface area contributed by atoms with Crippen molar-refractivity contribution in [1.82, 2.24) is 14.9 Å². The van der Waals surface area contributed by atoms with Gasteiger partial charge in [0.15, 0.2) is 11.5 Å². The standard InChI is InChI=1S/C20H27N5O2/c1-20(2,3)23-18-11-19(22-13-21-18)25-8-6-24(7-9-25)12-15-4-5-16-17(10-15)27-14-26-16/h4-5,10-11,13H,6-9,12,14H2,1-3H3,(H,21,22,23). The third-order valence-electron chi connectivity index (χ3n) is 4.70. The number of hydrogen-bond acceptors (Lipinski definition) is 7. The van der Waals surface area contributed by atoms with Crippen LogP contribution in [0.15, 0.2) is 30.6 Å². The van der Waals surface area contributed by atoms with Crippen molar-refractivity contribution in [2.75, 3.05) is 43.2 Å². The molecule has 7 heteroatoms. The molecule has 1 aromatic heterocycles. The van der Waals surface area contributed by atoms with Gasteiger partial charge in [-0.25, -0.2) is 9.97 Å². The van der Waals surface area contributed by atoms with Gasteiger partial charge in [0.25, 0.3) is 0 Å². The van der Waals surface area contributed by atoms with Crippen molar-refractivity contribution in [1.29, 1.82) is 0 Å². The van der Waals surface area contributed by atoms with Crippen LogP contribution in [0.5, 0.6) is 11.5 Å². The van der Waals surface area contributed by atoms with Crippen LogP contribution in [0.2, 0.25) is 0 Å². The van der Waals surface area contributed by atoms with E-state index in [1.807, 2.05) is 12.1 Å². The van der Waals surface area contributed by atoms with Gasteiger partial charge in [0, 0.05) is 44.3 Å². The lowest BCUT2D eigenvalue weighted by Crippen LogP contribution is -2.46. The van der Waals surface area contributed by atoms with Gasteiger partial charge in [0.1, 0.15) is 18.0 Å². The maximum Gasteiger partial charge on any atom is 0.231 e. The first-order valence-corrected chi connectivity index (χ1v) is 9.42. The zero-order chi connectivity index (χ0) is 18.9. The summed E-state index contributed by atoms with van der Waals surface area (Å²) in [5, 5.41) is 3.41. The van der Waals surface area contributed by atoms with Crippen molar-refractivity contribution in [3.05, 3.63) is 36.2 Å². The highest BCUT2D eigenvalue weighted by atomic mass is 16.7. The predicted molar refractivity (Wildman–Crippen MR) is 105 cm³/mol. The summed E-state index contributed by atoms with van der Waals surface area (Å²) in [6.07, 6.45) is 1.64. The SMILES string of the molecule is CC(C)(C)Nc1cc(N2CCN(Cc3ccc4c(c3)OCO4)CC2)ncn1. The summed E-state index contributed by atoms with van der Waals surface area (Å²) in [6, 6.07) is 8.25. The average Bonchev–Trinajstić information content (AvgIpc) is 3.09. The minimum absolute atomic E-state index is 0.0189. The van der Waals surface area contributed by atoms with E-state index in [1.54, 1.807) is 6.33 Å². The Hall–Kier alpha value is -2.54. The summed E-state index contributed by atoms with van der Waals surface area (Å²) < 4.78 is 10.9.